The molecule has 0 amide bonds. The van der Waals surface area contributed by atoms with E-state index in [2.05, 4.69) is 64.4 Å². The van der Waals surface area contributed by atoms with E-state index in [4.69, 9.17) is 26.4 Å². The molecule has 0 fully saturated rings. The van der Waals surface area contributed by atoms with E-state index in [0.717, 1.165) is 21.3 Å². The summed E-state index contributed by atoms with van der Waals surface area (Å²) in [4.78, 5) is 0. The van der Waals surface area contributed by atoms with E-state index in [1.54, 1.807) is 20.4 Å². The number of hydrazone groups is 1. The average molecular weight is 541 g/mol. The Balaban J connectivity index is 1.92. The molecule has 8 heteroatoms. The van der Waals surface area contributed by atoms with Gasteiger partial charge in [-0.15, -0.1) is 0 Å². The zero-order chi connectivity index (χ0) is 21.9. The Morgan fingerprint density at radius 2 is 1.90 bits per heavy atom. The summed E-state index contributed by atoms with van der Waals surface area (Å²) in [7, 11) is 3.34. The van der Waals surface area contributed by atoms with Crippen LogP contribution < -0.4 is 25.0 Å². The molecule has 0 saturated heterocycles. The first-order valence-electron chi connectivity index (χ1n) is 9.72. The molecule has 0 aromatic heterocycles. The van der Waals surface area contributed by atoms with Gasteiger partial charge in [0.1, 0.15) is 19.0 Å². The summed E-state index contributed by atoms with van der Waals surface area (Å²) in [6.45, 7) is 5.27. The normalized spacial score (nSPS) is 11.8. The van der Waals surface area contributed by atoms with Crippen LogP contribution >= 0.6 is 34.8 Å². The molecule has 0 saturated carbocycles. The molecule has 1 atom stereocenters. The number of methoxy groups -OCH3 is 1. The fourth-order valence-electron chi connectivity index (χ4n) is 2.61. The fraction of sp³-hybridized carbons (Fsp3) is 0.364. The van der Waals surface area contributed by atoms with Crippen molar-refractivity contribution in [2.75, 3.05) is 27.4 Å². The molecule has 0 radical (unpaired) electrons. The Kier molecular flexibility index (Phi) is 10.2. The minimum atomic E-state index is 0.408. The molecule has 2 N–H and O–H groups in total. The summed E-state index contributed by atoms with van der Waals surface area (Å²) < 4.78 is 18.1. The maximum absolute atomic E-state index is 5.93. The fourth-order valence-corrected chi connectivity index (χ4v) is 3.44. The first kappa shape index (κ1) is 24.2. The lowest BCUT2D eigenvalue weighted by atomic mass is 9.99. The van der Waals surface area contributed by atoms with Gasteiger partial charge in [0, 0.05) is 7.05 Å². The molecule has 0 heterocycles. The minimum Gasteiger partial charge on any atom is -0.493 e. The highest BCUT2D eigenvalue weighted by atomic mass is 127. The number of ether oxygens (including phenoxy) is 3. The highest BCUT2D eigenvalue weighted by Gasteiger charge is 2.11. The number of nitrogens with zero attached hydrogens (tertiary/aromatic N) is 1. The topological polar surface area (TPSA) is 64.1 Å². The summed E-state index contributed by atoms with van der Waals surface area (Å²) in [6, 6.07) is 12.1. The van der Waals surface area contributed by atoms with Crippen molar-refractivity contribution in [1.82, 2.24) is 10.7 Å². The molecule has 2 aromatic rings. The lowest BCUT2D eigenvalue weighted by molar-refractivity contribution is 0.210. The van der Waals surface area contributed by atoms with Crippen molar-refractivity contribution in [2.45, 2.75) is 26.2 Å². The Bertz CT molecular complexity index is 859. The van der Waals surface area contributed by atoms with Crippen LogP contribution in [0.25, 0.3) is 0 Å². The van der Waals surface area contributed by atoms with Gasteiger partial charge in [0.25, 0.3) is 0 Å². The number of halogens is 1. The lowest BCUT2D eigenvalue weighted by Crippen LogP contribution is -2.28. The average Bonchev–Trinajstić information content (AvgIpc) is 2.77. The van der Waals surface area contributed by atoms with E-state index in [1.165, 1.54) is 5.56 Å². The molecular weight excluding hydrogens is 513 g/mol. The molecule has 2 aromatic carbocycles. The molecule has 0 spiro atoms. The van der Waals surface area contributed by atoms with Crippen molar-refractivity contribution in [3.05, 3.63) is 51.1 Å². The van der Waals surface area contributed by atoms with Crippen LogP contribution in [0.1, 0.15) is 37.3 Å². The van der Waals surface area contributed by atoms with Gasteiger partial charge in [0.2, 0.25) is 0 Å². The smallest absolute Gasteiger partial charge is 0.186 e. The van der Waals surface area contributed by atoms with E-state index >= 15 is 0 Å². The number of hydrogen-bond acceptors (Lipinski definition) is 5. The maximum atomic E-state index is 5.93. The molecule has 0 bridgehead atoms. The second-order valence-electron chi connectivity index (χ2n) is 6.56. The third-order valence-corrected chi connectivity index (χ3v) is 5.62. The maximum Gasteiger partial charge on any atom is 0.186 e. The third-order valence-electron chi connectivity index (χ3n) is 4.52. The van der Waals surface area contributed by atoms with Crippen LogP contribution in [0, 0.1) is 3.57 Å². The Morgan fingerprint density at radius 3 is 2.53 bits per heavy atom. The van der Waals surface area contributed by atoms with Crippen molar-refractivity contribution in [3.63, 3.8) is 0 Å². The van der Waals surface area contributed by atoms with Crippen LogP contribution in [0.15, 0.2) is 41.5 Å². The Hall–Kier alpha value is -2.07. The summed E-state index contributed by atoms with van der Waals surface area (Å²) in [5.41, 5.74) is 4.92. The number of hydrogen-bond donors (Lipinski definition) is 2. The molecule has 0 unspecified atom stereocenters. The van der Waals surface area contributed by atoms with Gasteiger partial charge in [-0.2, -0.15) is 5.10 Å². The molecule has 30 heavy (non-hydrogen) atoms. The van der Waals surface area contributed by atoms with Crippen LogP contribution in [0.4, 0.5) is 0 Å². The van der Waals surface area contributed by atoms with Gasteiger partial charge in [-0.3, -0.25) is 5.43 Å². The second-order valence-corrected chi connectivity index (χ2v) is 8.13. The highest BCUT2D eigenvalue weighted by molar-refractivity contribution is 14.1. The first-order valence-corrected chi connectivity index (χ1v) is 11.2. The van der Waals surface area contributed by atoms with E-state index in [9.17, 15) is 0 Å². The van der Waals surface area contributed by atoms with Crippen LogP contribution in [0.5, 0.6) is 17.2 Å². The number of rotatable bonds is 10. The Morgan fingerprint density at radius 1 is 1.20 bits per heavy atom. The van der Waals surface area contributed by atoms with E-state index in [-0.39, 0.29) is 0 Å². The van der Waals surface area contributed by atoms with Gasteiger partial charge >= 0.3 is 0 Å². The van der Waals surface area contributed by atoms with Crippen LogP contribution in [0.3, 0.4) is 0 Å². The lowest BCUT2D eigenvalue weighted by Gasteiger charge is -2.14. The number of benzene rings is 2. The first-order chi connectivity index (χ1) is 14.5. The zero-order valence-electron chi connectivity index (χ0n) is 17.7. The molecule has 6 nitrogen and oxygen atoms in total. The minimum absolute atomic E-state index is 0.408. The van der Waals surface area contributed by atoms with Crippen molar-refractivity contribution < 1.29 is 14.2 Å². The second kappa shape index (κ2) is 12.6. The van der Waals surface area contributed by atoms with Crippen LogP contribution in [-0.4, -0.2) is 38.7 Å². The number of nitrogens with one attached hydrogen (secondary N) is 2. The van der Waals surface area contributed by atoms with E-state index in [1.807, 2.05) is 24.3 Å². The van der Waals surface area contributed by atoms with Crippen molar-refractivity contribution >= 4 is 46.1 Å². The Labute approximate surface area is 197 Å². The van der Waals surface area contributed by atoms with Gasteiger partial charge in [-0.1, -0.05) is 26.0 Å². The van der Waals surface area contributed by atoms with Gasteiger partial charge in [-0.25, -0.2) is 0 Å². The van der Waals surface area contributed by atoms with Gasteiger partial charge < -0.3 is 19.5 Å². The summed E-state index contributed by atoms with van der Waals surface area (Å²) >= 11 is 7.21. The van der Waals surface area contributed by atoms with Gasteiger partial charge in [0.05, 0.1) is 16.9 Å². The summed E-state index contributed by atoms with van der Waals surface area (Å²) in [5.74, 6) is 2.72. The largest absolute Gasteiger partial charge is 0.493 e. The van der Waals surface area contributed by atoms with Gasteiger partial charge in [-0.05, 0) is 82.5 Å². The molecule has 0 aliphatic heterocycles. The quantitative estimate of drug-likeness (QED) is 0.150. The summed E-state index contributed by atoms with van der Waals surface area (Å²) in [6.07, 6.45) is 2.79. The molecular formula is C22H28IN3O3S. The predicted molar refractivity (Wildman–Crippen MR) is 134 cm³/mol. The standard InChI is InChI=1S/C22H28IN3O3S/c1-5-15(2)17-6-8-18(9-7-17)28-10-11-29-21-19(23)12-16(13-20(21)27-4)14-25-26-22(30)24-3/h6-9,12-15H,5,10-11H2,1-4H3,(H2,24,26,30)/b25-14-/t15-/m1/s1. The number of thiocarbonyl (C=S) groups is 1. The molecule has 2 rings (SSSR count). The van der Waals surface area contributed by atoms with Gasteiger partial charge in [0.15, 0.2) is 16.6 Å². The molecule has 0 aliphatic carbocycles. The molecule has 162 valence electrons. The third kappa shape index (κ3) is 7.32. The SMILES string of the molecule is CC[C@@H](C)c1ccc(OCCOc2c(I)cc(/C=N\NC(=S)NC)cc2OC)cc1. The van der Waals surface area contributed by atoms with E-state index in [0.29, 0.717) is 35.7 Å². The van der Waals surface area contributed by atoms with Crippen LogP contribution in [0.2, 0.25) is 0 Å². The van der Waals surface area contributed by atoms with Crippen molar-refractivity contribution in [1.29, 1.82) is 0 Å². The molecule has 0 aliphatic rings. The van der Waals surface area contributed by atoms with Crippen molar-refractivity contribution in [2.24, 2.45) is 5.10 Å². The summed E-state index contributed by atoms with van der Waals surface area (Å²) in [5, 5.41) is 7.33. The zero-order valence-corrected chi connectivity index (χ0v) is 20.7. The van der Waals surface area contributed by atoms with Crippen LogP contribution in [-0.2, 0) is 0 Å². The predicted octanol–water partition coefficient (Wildman–Crippen LogP) is 4.70. The highest BCUT2D eigenvalue weighted by Crippen LogP contribution is 2.33. The monoisotopic (exact) mass is 541 g/mol. The van der Waals surface area contributed by atoms with E-state index < -0.39 is 0 Å². The van der Waals surface area contributed by atoms with Crippen molar-refractivity contribution in [3.8, 4) is 17.2 Å².